The van der Waals surface area contributed by atoms with Crippen LogP contribution in [0, 0.1) is 11.6 Å². The molecule has 0 saturated carbocycles. The summed E-state index contributed by atoms with van der Waals surface area (Å²) in [6, 6.07) is 2.45. The molecule has 1 heterocycles. The molecule has 1 N–H and O–H groups in total. The van der Waals surface area contributed by atoms with Gasteiger partial charge in [-0.2, -0.15) is 0 Å². The Hall–Kier alpha value is -0.975. The van der Waals surface area contributed by atoms with Gasteiger partial charge in [-0.3, -0.25) is 0 Å². The lowest BCUT2D eigenvalue weighted by atomic mass is 9.77. The van der Waals surface area contributed by atoms with Crippen molar-refractivity contribution < 1.29 is 23.2 Å². The van der Waals surface area contributed by atoms with E-state index >= 15 is 0 Å². The summed E-state index contributed by atoms with van der Waals surface area (Å²) in [6.07, 6.45) is 0.157. The van der Waals surface area contributed by atoms with Gasteiger partial charge < -0.3 is 14.4 Å². The summed E-state index contributed by atoms with van der Waals surface area (Å²) in [7, 11) is -1.08. The van der Waals surface area contributed by atoms with Crippen LogP contribution in [-0.2, 0) is 15.7 Å². The number of hydrogen-bond donors (Lipinski definition) is 1. The molecule has 0 atom stereocenters. The Labute approximate surface area is 130 Å². The second-order valence-electron chi connectivity index (χ2n) is 7.55. The molecule has 3 nitrogen and oxygen atoms in total. The van der Waals surface area contributed by atoms with Crippen molar-refractivity contribution in [2.75, 3.05) is 0 Å². The normalized spacial score (nSPS) is 20.5. The van der Waals surface area contributed by atoms with Crippen LogP contribution in [0.25, 0.3) is 0 Å². The average molecular weight is 312 g/mol. The zero-order valence-electron chi connectivity index (χ0n) is 14.0. The van der Waals surface area contributed by atoms with Crippen molar-refractivity contribution in [3.8, 4) is 0 Å². The van der Waals surface area contributed by atoms with Gasteiger partial charge in [0.15, 0.2) is 0 Å². The van der Waals surface area contributed by atoms with Crippen LogP contribution < -0.4 is 5.46 Å². The SMILES string of the molecule is CC(C)(O)Cc1cc(F)c(B2OC(C)(C)C(C)(C)O2)c(F)c1. The van der Waals surface area contributed by atoms with Gasteiger partial charge in [0, 0.05) is 6.42 Å². The summed E-state index contributed by atoms with van der Waals surface area (Å²) in [5.74, 6) is -1.45. The smallest absolute Gasteiger partial charge is 0.399 e. The van der Waals surface area contributed by atoms with Crippen LogP contribution in [0.5, 0.6) is 0 Å². The Bertz CT molecular complexity index is 540. The van der Waals surface area contributed by atoms with Crippen molar-refractivity contribution in [2.45, 2.75) is 64.8 Å². The molecule has 0 bridgehead atoms. The van der Waals surface area contributed by atoms with E-state index in [1.165, 1.54) is 12.1 Å². The molecule has 1 aromatic carbocycles. The third kappa shape index (κ3) is 3.34. The summed E-state index contributed by atoms with van der Waals surface area (Å²) >= 11 is 0. The lowest BCUT2D eigenvalue weighted by molar-refractivity contribution is 0.00578. The highest BCUT2D eigenvalue weighted by molar-refractivity contribution is 6.62. The van der Waals surface area contributed by atoms with E-state index in [0.29, 0.717) is 5.56 Å². The number of aliphatic hydroxyl groups is 1. The van der Waals surface area contributed by atoms with E-state index in [1.54, 1.807) is 13.8 Å². The fraction of sp³-hybridized carbons (Fsp3) is 0.625. The molecule has 2 rings (SSSR count). The number of hydrogen-bond acceptors (Lipinski definition) is 3. The summed E-state index contributed by atoms with van der Waals surface area (Å²) in [6.45, 7) is 10.5. The van der Waals surface area contributed by atoms with Gasteiger partial charge in [-0.25, -0.2) is 8.78 Å². The summed E-state index contributed by atoms with van der Waals surface area (Å²) in [5.41, 5.74) is -2.20. The fourth-order valence-electron chi connectivity index (χ4n) is 2.42. The molecule has 1 aromatic rings. The second-order valence-corrected chi connectivity index (χ2v) is 7.55. The van der Waals surface area contributed by atoms with Crippen LogP contribution in [0.4, 0.5) is 8.78 Å². The zero-order valence-corrected chi connectivity index (χ0v) is 14.0. The molecule has 1 fully saturated rings. The van der Waals surface area contributed by atoms with Crippen LogP contribution in [0.15, 0.2) is 12.1 Å². The van der Waals surface area contributed by atoms with E-state index < -0.39 is 35.6 Å². The molecular weight excluding hydrogens is 289 g/mol. The van der Waals surface area contributed by atoms with Gasteiger partial charge in [0.25, 0.3) is 0 Å². The largest absolute Gasteiger partial charge is 0.500 e. The first-order valence-electron chi connectivity index (χ1n) is 7.38. The predicted molar refractivity (Wildman–Crippen MR) is 82.1 cm³/mol. The lowest BCUT2D eigenvalue weighted by Crippen LogP contribution is -2.41. The Morgan fingerprint density at radius 2 is 1.45 bits per heavy atom. The Kier molecular flexibility index (Phi) is 4.18. The van der Waals surface area contributed by atoms with Crippen LogP contribution in [-0.4, -0.2) is 29.0 Å². The molecule has 0 amide bonds. The highest BCUT2D eigenvalue weighted by Crippen LogP contribution is 2.37. The average Bonchev–Trinajstić information content (AvgIpc) is 2.43. The monoisotopic (exact) mass is 312 g/mol. The molecule has 0 unspecified atom stereocenters. The number of halogens is 2. The Morgan fingerprint density at radius 3 is 1.82 bits per heavy atom. The second kappa shape index (κ2) is 5.29. The van der Waals surface area contributed by atoms with Gasteiger partial charge >= 0.3 is 7.12 Å². The standard InChI is InChI=1S/C16H23BF2O3/c1-14(2,20)9-10-7-11(18)13(12(19)8-10)17-21-15(3,4)16(5,6)22-17/h7-8,20H,9H2,1-6H3. The predicted octanol–water partition coefficient (Wildman–Crippen LogP) is 2.58. The molecule has 0 aliphatic carbocycles. The van der Waals surface area contributed by atoms with E-state index in [4.69, 9.17) is 9.31 Å². The minimum atomic E-state index is -1.08. The summed E-state index contributed by atoms with van der Waals surface area (Å²) in [5, 5.41) is 9.78. The van der Waals surface area contributed by atoms with Crippen molar-refractivity contribution in [2.24, 2.45) is 0 Å². The molecular formula is C16H23BF2O3. The minimum Gasteiger partial charge on any atom is -0.399 e. The van der Waals surface area contributed by atoms with Gasteiger partial charge in [0.2, 0.25) is 0 Å². The highest BCUT2D eigenvalue weighted by Gasteiger charge is 2.53. The lowest BCUT2D eigenvalue weighted by Gasteiger charge is -2.32. The summed E-state index contributed by atoms with van der Waals surface area (Å²) in [4.78, 5) is 0. The van der Waals surface area contributed by atoms with Gasteiger partial charge in [0.05, 0.1) is 22.3 Å². The van der Waals surface area contributed by atoms with E-state index in [2.05, 4.69) is 0 Å². The van der Waals surface area contributed by atoms with E-state index in [-0.39, 0.29) is 11.9 Å². The zero-order chi connectivity index (χ0) is 16.9. The van der Waals surface area contributed by atoms with E-state index in [9.17, 15) is 13.9 Å². The topological polar surface area (TPSA) is 38.7 Å². The molecule has 0 radical (unpaired) electrons. The van der Waals surface area contributed by atoms with Crippen molar-refractivity contribution >= 4 is 12.6 Å². The number of rotatable bonds is 3. The highest BCUT2D eigenvalue weighted by atomic mass is 19.1. The third-order valence-corrected chi connectivity index (χ3v) is 4.26. The molecule has 0 aromatic heterocycles. The van der Waals surface area contributed by atoms with Gasteiger partial charge in [-0.15, -0.1) is 0 Å². The summed E-state index contributed by atoms with van der Waals surface area (Å²) < 4.78 is 40.1. The molecule has 0 spiro atoms. The molecule has 1 aliphatic rings. The Morgan fingerprint density at radius 1 is 1.05 bits per heavy atom. The first-order chi connectivity index (χ1) is 9.82. The molecule has 1 saturated heterocycles. The number of benzene rings is 1. The van der Waals surface area contributed by atoms with Crippen LogP contribution in [0.2, 0.25) is 0 Å². The van der Waals surface area contributed by atoms with Crippen molar-refractivity contribution in [1.29, 1.82) is 0 Å². The van der Waals surface area contributed by atoms with Crippen LogP contribution in [0.1, 0.15) is 47.1 Å². The van der Waals surface area contributed by atoms with Gasteiger partial charge in [-0.05, 0) is 59.2 Å². The van der Waals surface area contributed by atoms with Crippen molar-refractivity contribution in [3.05, 3.63) is 29.3 Å². The first-order valence-corrected chi connectivity index (χ1v) is 7.38. The maximum Gasteiger partial charge on any atom is 0.500 e. The van der Waals surface area contributed by atoms with Gasteiger partial charge in [-0.1, -0.05) is 0 Å². The quantitative estimate of drug-likeness (QED) is 0.872. The Balaban J connectivity index is 2.34. The molecule has 1 aliphatic heterocycles. The van der Waals surface area contributed by atoms with Crippen LogP contribution >= 0.6 is 0 Å². The van der Waals surface area contributed by atoms with Crippen LogP contribution in [0.3, 0.4) is 0 Å². The first kappa shape index (κ1) is 17.4. The minimum absolute atomic E-state index is 0.157. The molecule has 122 valence electrons. The van der Waals surface area contributed by atoms with E-state index in [1.807, 2.05) is 27.7 Å². The maximum atomic E-state index is 14.4. The van der Waals surface area contributed by atoms with Gasteiger partial charge in [0.1, 0.15) is 11.6 Å². The van der Waals surface area contributed by atoms with Crippen molar-refractivity contribution in [3.63, 3.8) is 0 Å². The fourth-order valence-corrected chi connectivity index (χ4v) is 2.42. The van der Waals surface area contributed by atoms with E-state index in [0.717, 1.165) is 0 Å². The molecule has 6 heteroatoms. The molecule has 22 heavy (non-hydrogen) atoms. The third-order valence-electron chi connectivity index (χ3n) is 4.26. The van der Waals surface area contributed by atoms with Crippen molar-refractivity contribution in [1.82, 2.24) is 0 Å². The maximum absolute atomic E-state index is 14.4.